The van der Waals surface area contributed by atoms with E-state index >= 15 is 0 Å². The molecule has 0 unspecified atom stereocenters. The summed E-state index contributed by atoms with van der Waals surface area (Å²) in [5.74, 6) is 4.74. The van der Waals surface area contributed by atoms with Crippen LogP contribution in [0.2, 0.25) is 0 Å². The third-order valence-electron chi connectivity index (χ3n) is 0.781. The van der Waals surface area contributed by atoms with Gasteiger partial charge in [0.15, 0.2) is 0 Å². The third-order valence-corrected chi connectivity index (χ3v) is 0.781. The molecule has 0 aromatic heterocycles. The highest BCUT2D eigenvalue weighted by molar-refractivity contribution is 5.85. The van der Waals surface area contributed by atoms with Crippen LogP contribution in [-0.4, -0.2) is 18.2 Å². The number of nitrogens with two attached hydrogens (primary N) is 1. The highest BCUT2D eigenvalue weighted by Gasteiger charge is 2.25. The van der Waals surface area contributed by atoms with Crippen LogP contribution in [0.3, 0.4) is 0 Å². The van der Waals surface area contributed by atoms with E-state index in [1.165, 1.54) is 0 Å². The summed E-state index contributed by atoms with van der Waals surface area (Å²) in [7, 11) is 0. The maximum Gasteiger partial charge on any atom is 0.389 e. The monoisotopic (exact) mass is 196 g/mol. The molecule has 0 rings (SSSR count). The maximum atomic E-state index is 11.3. The molecule has 0 aliphatic heterocycles. The number of halogens is 4. The van der Waals surface area contributed by atoms with Crippen LogP contribution in [0.25, 0.3) is 0 Å². The van der Waals surface area contributed by atoms with Gasteiger partial charge in [-0.1, -0.05) is 0 Å². The Hall–Kier alpha value is -0.0400. The molecule has 0 saturated carbocycles. The van der Waals surface area contributed by atoms with Crippen molar-refractivity contribution in [2.75, 3.05) is 6.54 Å². The van der Waals surface area contributed by atoms with Gasteiger partial charge in [-0.2, -0.15) is 13.2 Å². The lowest BCUT2D eigenvalue weighted by molar-refractivity contribution is -0.135. The molecule has 5 N–H and O–H groups in total. The zero-order valence-electron chi connectivity index (χ0n) is 5.74. The van der Waals surface area contributed by atoms with Crippen LogP contribution in [0, 0.1) is 0 Å². The molecule has 0 aliphatic carbocycles. The average molecular weight is 197 g/mol. The second-order valence-electron chi connectivity index (χ2n) is 1.67. The Bertz CT molecular complexity index is 80.2. The van der Waals surface area contributed by atoms with Crippen LogP contribution in [0.15, 0.2) is 0 Å². The lowest BCUT2D eigenvalue weighted by Gasteiger charge is -2.03. The quantitative estimate of drug-likeness (QED) is 0.390. The summed E-state index contributed by atoms with van der Waals surface area (Å²) in [6, 6.07) is 0. The van der Waals surface area contributed by atoms with E-state index in [-0.39, 0.29) is 30.8 Å². The van der Waals surface area contributed by atoms with E-state index in [1.54, 1.807) is 0 Å². The minimum Gasteiger partial charge on any atom is -0.412 e. The molecule has 0 saturated heterocycles. The molecule has 7 heteroatoms. The summed E-state index contributed by atoms with van der Waals surface area (Å²) >= 11 is 0. The molecule has 0 aromatic carbocycles. The largest absolute Gasteiger partial charge is 0.412 e. The van der Waals surface area contributed by atoms with Gasteiger partial charge in [0.1, 0.15) is 0 Å². The lowest BCUT2D eigenvalue weighted by Crippen LogP contribution is -2.24. The van der Waals surface area contributed by atoms with E-state index in [4.69, 9.17) is 5.84 Å². The van der Waals surface area contributed by atoms with Crippen LogP contribution in [0.5, 0.6) is 0 Å². The standard InChI is InChI=1S/C4H9F3N2.ClH.H2O/c5-4(6,7)2-1-3-9-8;;/h9H,1-3,8H2;1H;1H2. The first-order valence-corrected chi connectivity index (χ1v) is 2.56. The molecule has 0 amide bonds. The molecular formula is C4H12ClF3N2O. The van der Waals surface area contributed by atoms with Gasteiger partial charge in [0.05, 0.1) is 0 Å². The first kappa shape index (κ1) is 17.2. The lowest BCUT2D eigenvalue weighted by atomic mass is 10.3. The minimum atomic E-state index is -4.04. The third kappa shape index (κ3) is 17.8. The molecule has 0 aromatic rings. The molecule has 11 heavy (non-hydrogen) atoms. The van der Waals surface area contributed by atoms with Crippen LogP contribution in [0.1, 0.15) is 12.8 Å². The van der Waals surface area contributed by atoms with E-state index in [0.717, 1.165) is 0 Å². The highest BCUT2D eigenvalue weighted by atomic mass is 35.5. The van der Waals surface area contributed by atoms with Crippen molar-refractivity contribution in [2.45, 2.75) is 19.0 Å². The minimum absolute atomic E-state index is 0. The van der Waals surface area contributed by atoms with Gasteiger partial charge in [0.2, 0.25) is 0 Å². The predicted octanol–water partition coefficient (Wildman–Crippen LogP) is 0.389. The van der Waals surface area contributed by atoms with Gasteiger partial charge in [-0.05, 0) is 6.42 Å². The molecule has 0 heterocycles. The van der Waals surface area contributed by atoms with E-state index in [2.05, 4.69) is 5.43 Å². The Morgan fingerprint density at radius 2 is 1.73 bits per heavy atom. The Morgan fingerprint density at radius 1 is 1.27 bits per heavy atom. The van der Waals surface area contributed by atoms with Crippen molar-refractivity contribution >= 4 is 12.4 Å². The van der Waals surface area contributed by atoms with Crippen molar-refractivity contribution in [3.63, 3.8) is 0 Å². The Balaban J connectivity index is -0.000000320. The molecule has 0 fully saturated rings. The first-order valence-electron chi connectivity index (χ1n) is 2.56. The topological polar surface area (TPSA) is 69.5 Å². The number of alkyl halides is 3. The van der Waals surface area contributed by atoms with Crippen LogP contribution in [0.4, 0.5) is 13.2 Å². The van der Waals surface area contributed by atoms with Gasteiger partial charge in [0.25, 0.3) is 0 Å². The zero-order valence-corrected chi connectivity index (χ0v) is 6.56. The number of rotatable bonds is 3. The van der Waals surface area contributed by atoms with Gasteiger partial charge >= 0.3 is 6.18 Å². The van der Waals surface area contributed by atoms with Crippen LogP contribution in [-0.2, 0) is 0 Å². The number of hydrazine groups is 1. The summed E-state index contributed by atoms with van der Waals surface area (Å²) in [5, 5.41) is 0. The molecule has 0 atom stereocenters. The van der Waals surface area contributed by atoms with E-state index in [0.29, 0.717) is 0 Å². The molecule has 0 bridgehead atoms. The summed E-state index contributed by atoms with van der Waals surface area (Å²) in [5.41, 5.74) is 2.14. The van der Waals surface area contributed by atoms with Gasteiger partial charge < -0.3 is 5.48 Å². The Labute approximate surface area is 68.8 Å². The van der Waals surface area contributed by atoms with Crippen molar-refractivity contribution in [3.8, 4) is 0 Å². The van der Waals surface area contributed by atoms with Crippen molar-refractivity contribution in [1.29, 1.82) is 0 Å². The fraction of sp³-hybridized carbons (Fsp3) is 1.00. The van der Waals surface area contributed by atoms with Gasteiger partial charge in [-0.3, -0.25) is 11.3 Å². The SMILES string of the molecule is Cl.NNCCCC(F)(F)F.O. The summed E-state index contributed by atoms with van der Waals surface area (Å²) in [4.78, 5) is 0. The smallest absolute Gasteiger partial charge is 0.389 e. The van der Waals surface area contributed by atoms with Crippen molar-refractivity contribution in [1.82, 2.24) is 5.43 Å². The van der Waals surface area contributed by atoms with Crippen molar-refractivity contribution in [3.05, 3.63) is 0 Å². The fourth-order valence-corrected chi connectivity index (χ4v) is 0.391. The van der Waals surface area contributed by atoms with E-state index < -0.39 is 12.6 Å². The second-order valence-corrected chi connectivity index (χ2v) is 1.67. The zero-order chi connectivity index (χ0) is 7.33. The number of hydrogen-bond donors (Lipinski definition) is 2. The Kier molecular flexibility index (Phi) is 12.6. The molecule has 0 aliphatic rings. The van der Waals surface area contributed by atoms with Gasteiger partial charge in [-0.25, -0.2) is 0 Å². The molecule has 0 spiro atoms. The van der Waals surface area contributed by atoms with Gasteiger partial charge in [0, 0.05) is 13.0 Å². The maximum absolute atomic E-state index is 11.3. The predicted molar refractivity (Wildman–Crippen MR) is 38.3 cm³/mol. The molecule has 72 valence electrons. The van der Waals surface area contributed by atoms with Crippen molar-refractivity contribution < 1.29 is 18.6 Å². The Morgan fingerprint density at radius 3 is 2.00 bits per heavy atom. The van der Waals surface area contributed by atoms with E-state index in [9.17, 15) is 13.2 Å². The summed E-state index contributed by atoms with van der Waals surface area (Å²) in [6.07, 6.45) is -4.77. The summed E-state index contributed by atoms with van der Waals surface area (Å²) in [6.45, 7) is 0.208. The highest BCUT2D eigenvalue weighted by Crippen LogP contribution is 2.20. The average Bonchev–Trinajstić information content (AvgIpc) is 1.63. The number of hydrogen-bond acceptors (Lipinski definition) is 2. The second kappa shape index (κ2) is 8.06. The van der Waals surface area contributed by atoms with E-state index in [1.807, 2.05) is 0 Å². The summed E-state index contributed by atoms with van der Waals surface area (Å²) < 4.78 is 33.9. The fourth-order valence-electron chi connectivity index (χ4n) is 0.391. The molecule has 0 radical (unpaired) electrons. The normalized spacial score (nSPS) is 9.82. The van der Waals surface area contributed by atoms with Crippen molar-refractivity contribution in [2.24, 2.45) is 5.84 Å². The van der Waals surface area contributed by atoms with Gasteiger partial charge in [-0.15, -0.1) is 12.4 Å². The van der Waals surface area contributed by atoms with Crippen LogP contribution < -0.4 is 11.3 Å². The van der Waals surface area contributed by atoms with Crippen LogP contribution >= 0.6 is 12.4 Å². The first-order chi connectivity index (χ1) is 4.06. The molecular weight excluding hydrogens is 185 g/mol. The number of nitrogens with one attached hydrogen (secondary N) is 1. The molecule has 3 nitrogen and oxygen atoms in total.